The molecule has 3 heteroatoms. The molecular formula is C14H26N2S. The van der Waals surface area contributed by atoms with Gasteiger partial charge in [-0.25, -0.2) is 0 Å². The highest BCUT2D eigenvalue weighted by atomic mass is 32.1. The first-order chi connectivity index (χ1) is 8.22. The van der Waals surface area contributed by atoms with Crippen molar-refractivity contribution in [2.75, 3.05) is 19.6 Å². The molecule has 0 spiro atoms. The maximum atomic E-state index is 3.50. The maximum Gasteiger partial charge on any atom is 0.0299 e. The highest BCUT2D eigenvalue weighted by Crippen LogP contribution is 2.16. The highest BCUT2D eigenvalue weighted by Gasteiger charge is 1.98. The number of aryl methyl sites for hydroxylation is 1. The van der Waals surface area contributed by atoms with Crippen LogP contribution in [-0.2, 0) is 13.0 Å². The summed E-state index contributed by atoms with van der Waals surface area (Å²) in [6.07, 6.45) is 2.36. The van der Waals surface area contributed by atoms with Crippen molar-refractivity contribution in [2.24, 2.45) is 5.92 Å². The Labute approximate surface area is 110 Å². The minimum atomic E-state index is 0.751. The topological polar surface area (TPSA) is 24.1 Å². The molecule has 0 aliphatic rings. The summed E-state index contributed by atoms with van der Waals surface area (Å²) in [5, 5.41) is 6.96. The number of thiophene rings is 1. The Hall–Kier alpha value is -0.380. The summed E-state index contributed by atoms with van der Waals surface area (Å²) >= 11 is 1.93. The van der Waals surface area contributed by atoms with Crippen LogP contribution in [-0.4, -0.2) is 19.6 Å². The number of rotatable bonds is 9. The van der Waals surface area contributed by atoms with Crippen molar-refractivity contribution in [2.45, 2.75) is 40.2 Å². The number of nitrogens with one attached hydrogen (secondary N) is 2. The van der Waals surface area contributed by atoms with Crippen LogP contribution in [0, 0.1) is 5.92 Å². The Morgan fingerprint density at radius 1 is 1.12 bits per heavy atom. The lowest BCUT2D eigenvalue weighted by atomic mass is 10.2. The molecule has 0 amide bonds. The van der Waals surface area contributed by atoms with Gasteiger partial charge in [-0.05, 0) is 50.5 Å². The molecule has 0 aromatic carbocycles. The van der Waals surface area contributed by atoms with Gasteiger partial charge in [0.2, 0.25) is 0 Å². The molecule has 1 heterocycles. The van der Waals surface area contributed by atoms with Gasteiger partial charge in [0, 0.05) is 16.3 Å². The van der Waals surface area contributed by atoms with Gasteiger partial charge >= 0.3 is 0 Å². The SMILES string of the molecule is CCc1ccc(CNCCCNCC(C)C)s1. The van der Waals surface area contributed by atoms with Gasteiger partial charge in [-0.15, -0.1) is 11.3 Å². The minimum Gasteiger partial charge on any atom is -0.316 e. The molecule has 2 N–H and O–H groups in total. The third kappa shape index (κ3) is 6.81. The molecule has 0 aliphatic heterocycles. The lowest BCUT2D eigenvalue weighted by Gasteiger charge is -2.07. The third-order valence-electron chi connectivity index (χ3n) is 2.62. The smallest absolute Gasteiger partial charge is 0.0299 e. The van der Waals surface area contributed by atoms with E-state index < -0.39 is 0 Å². The van der Waals surface area contributed by atoms with Gasteiger partial charge in [0.05, 0.1) is 0 Å². The van der Waals surface area contributed by atoms with Gasteiger partial charge in [-0.2, -0.15) is 0 Å². The fraction of sp³-hybridized carbons (Fsp3) is 0.714. The Morgan fingerprint density at radius 3 is 2.47 bits per heavy atom. The van der Waals surface area contributed by atoms with Crippen molar-refractivity contribution >= 4 is 11.3 Å². The van der Waals surface area contributed by atoms with E-state index in [2.05, 4.69) is 43.5 Å². The fourth-order valence-electron chi connectivity index (χ4n) is 1.65. The van der Waals surface area contributed by atoms with Crippen LogP contribution < -0.4 is 10.6 Å². The van der Waals surface area contributed by atoms with E-state index in [1.165, 1.54) is 16.2 Å². The van der Waals surface area contributed by atoms with Crippen molar-refractivity contribution in [3.8, 4) is 0 Å². The number of hydrogen-bond donors (Lipinski definition) is 2. The van der Waals surface area contributed by atoms with Crippen molar-refractivity contribution in [3.63, 3.8) is 0 Å². The molecule has 1 aromatic heterocycles. The third-order valence-corrected chi connectivity index (χ3v) is 3.85. The van der Waals surface area contributed by atoms with Crippen molar-refractivity contribution in [1.29, 1.82) is 0 Å². The predicted octanol–water partition coefficient (Wildman–Crippen LogP) is 3.04. The normalized spacial score (nSPS) is 11.3. The van der Waals surface area contributed by atoms with Gasteiger partial charge in [0.15, 0.2) is 0 Å². The second-order valence-corrected chi connectivity index (χ2v) is 6.10. The molecule has 17 heavy (non-hydrogen) atoms. The monoisotopic (exact) mass is 254 g/mol. The van der Waals surface area contributed by atoms with Gasteiger partial charge < -0.3 is 10.6 Å². The highest BCUT2D eigenvalue weighted by molar-refractivity contribution is 7.11. The summed E-state index contributed by atoms with van der Waals surface area (Å²) in [4.78, 5) is 2.94. The van der Waals surface area contributed by atoms with Crippen LogP contribution >= 0.6 is 11.3 Å². The zero-order chi connectivity index (χ0) is 12.5. The van der Waals surface area contributed by atoms with E-state index in [1.54, 1.807) is 0 Å². The van der Waals surface area contributed by atoms with Gasteiger partial charge in [0.25, 0.3) is 0 Å². The lowest BCUT2D eigenvalue weighted by Crippen LogP contribution is -2.24. The van der Waals surface area contributed by atoms with Crippen LogP contribution in [0.1, 0.15) is 36.9 Å². The standard InChI is InChI=1S/C14H26N2S/c1-4-13-6-7-14(17-13)11-16-9-5-8-15-10-12(2)3/h6-7,12,15-16H,4-5,8-11H2,1-3H3. The predicted molar refractivity (Wildman–Crippen MR) is 77.7 cm³/mol. The van der Waals surface area contributed by atoms with E-state index in [1.807, 2.05) is 11.3 Å². The Balaban J connectivity index is 1.97. The Kier molecular flexibility index (Phi) is 7.49. The summed E-state index contributed by atoms with van der Waals surface area (Å²) < 4.78 is 0. The van der Waals surface area contributed by atoms with Crippen molar-refractivity contribution < 1.29 is 0 Å². The van der Waals surface area contributed by atoms with Crippen molar-refractivity contribution in [3.05, 3.63) is 21.9 Å². The van der Waals surface area contributed by atoms with E-state index in [0.717, 1.165) is 38.5 Å². The van der Waals surface area contributed by atoms with Gasteiger partial charge in [-0.3, -0.25) is 0 Å². The summed E-state index contributed by atoms with van der Waals surface area (Å²) in [7, 11) is 0. The molecule has 0 radical (unpaired) electrons. The largest absolute Gasteiger partial charge is 0.316 e. The molecule has 0 unspecified atom stereocenters. The average Bonchev–Trinajstić information content (AvgIpc) is 2.75. The summed E-state index contributed by atoms with van der Waals surface area (Å²) in [6, 6.07) is 4.49. The van der Waals surface area contributed by atoms with E-state index in [0.29, 0.717) is 0 Å². The molecular weight excluding hydrogens is 228 g/mol. The molecule has 0 atom stereocenters. The van der Waals surface area contributed by atoms with Gasteiger partial charge in [-0.1, -0.05) is 20.8 Å². The second kappa shape index (κ2) is 8.67. The van der Waals surface area contributed by atoms with Gasteiger partial charge in [0.1, 0.15) is 0 Å². The summed E-state index contributed by atoms with van der Waals surface area (Å²) in [5.41, 5.74) is 0. The Morgan fingerprint density at radius 2 is 1.82 bits per heavy atom. The number of hydrogen-bond acceptors (Lipinski definition) is 3. The van der Waals surface area contributed by atoms with E-state index in [-0.39, 0.29) is 0 Å². The first-order valence-corrected chi connectivity index (χ1v) is 7.53. The zero-order valence-electron chi connectivity index (χ0n) is 11.4. The molecule has 0 fully saturated rings. The summed E-state index contributed by atoms with van der Waals surface area (Å²) in [5.74, 6) is 0.751. The Bertz CT molecular complexity index is 294. The fourth-order valence-corrected chi connectivity index (χ4v) is 2.58. The maximum absolute atomic E-state index is 3.50. The second-order valence-electron chi connectivity index (χ2n) is 4.85. The lowest BCUT2D eigenvalue weighted by molar-refractivity contribution is 0.531. The average molecular weight is 254 g/mol. The molecule has 98 valence electrons. The molecule has 0 bridgehead atoms. The molecule has 0 saturated heterocycles. The quantitative estimate of drug-likeness (QED) is 0.662. The first kappa shape index (κ1) is 14.7. The first-order valence-electron chi connectivity index (χ1n) is 6.71. The van der Waals surface area contributed by atoms with E-state index in [9.17, 15) is 0 Å². The minimum absolute atomic E-state index is 0.751. The van der Waals surface area contributed by atoms with Crippen molar-refractivity contribution in [1.82, 2.24) is 10.6 Å². The zero-order valence-corrected chi connectivity index (χ0v) is 12.2. The molecule has 0 aliphatic carbocycles. The molecule has 1 aromatic rings. The summed E-state index contributed by atoms with van der Waals surface area (Å²) in [6.45, 7) is 11.1. The molecule has 1 rings (SSSR count). The van der Waals surface area contributed by atoms with Crippen LogP contribution in [0.5, 0.6) is 0 Å². The van der Waals surface area contributed by atoms with Crippen LogP contribution in [0.4, 0.5) is 0 Å². The van der Waals surface area contributed by atoms with Crippen LogP contribution in [0.25, 0.3) is 0 Å². The molecule has 2 nitrogen and oxygen atoms in total. The molecule has 0 saturated carbocycles. The van der Waals surface area contributed by atoms with Crippen LogP contribution in [0.2, 0.25) is 0 Å². The van der Waals surface area contributed by atoms with Crippen LogP contribution in [0.3, 0.4) is 0 Å². The van der Waals surface area contributed by atoms with Crippen LogP contribution in [0.15, 0.2) is 12.1 Å². The van der Waals surface area contributed by atoms with E-state index in [4.69, 9.17) is 0 Å². The van der Waals surface area contributed by atoms with E-state index >= 15 is 0 Å².